The number of hydrogen-bond donors (Lipinski definition) is 1. The lowest BCUT2D eigenvalue weighted by Gasteiger charge is -2.34. The lowest BCUT2D eigenvalue weighted by molar-refractivity contribution is -0.127. The van der Waals surface area contributed by atoms with Crippen molar-refractivity contribution in [1.82, 2.24) is 15.1 Å². The van der Waals surface area contributed by atoms with Crippen molar-refractivity contribution in [2.24, 2.45) is 0 Å². The third-order valence-electron chi connectivity index (χ3n) is 4.98. The predicted molar refractivity (Wildman–Crippen MR) is 93.8 cm³/mol. The van der Waals surface area contributed by atoms with E-state index in [0.29, 0.717) is 12.5 Å². The number of piperidine rings is 1. The normalized spacial score (nSPS) is 22.2. The smallest absolute Gasteiger partial charge is 0.253 e. The number of carbonyl (C=O) groups excluding carboxylic acids is 2. The maximum absolute atomic E-state index is 12.5. The van der Waals surface area contributed by atoms with Gasteiger partial charge in [0.2, 0.25) is 5.91 Å². The summed E-state index contributed by atoms with van der Waals surface area (Å²) >= 11 is 0. The zero-order chi connectivity index (χ0) is 16.9. The Morgan fingerprint density at radius 2 is 1.88 bits per heavy atom. The number of nitrogens with zero attached hydrogens (tertiary/aromatic N) is 2. The topological polar surface area (TPSA) is 52.6 Å². The molecule has 24 heavy (non-hydrogen) atoms. The number of carbonyl (C=O) groups is 2. The predicted octanol–water partition coefficient (Wildman–Crippen LogP) is 1.89. The van der Waals surface area contributed by atoms with Crippen molar-refractivity contribution in [3.63, 3.8) is 0 Å². The van der Waals surface area contributed by atoms with Gasteiger partial charge in [-0.15, -0.1) is 0 Å². The molecule has 5 heteroatoms. The van der Waals surface area contributed by atoms with E-state index in [2.05, 4.69) is 12.2 Å². The van der Waals surface area contributed by atoms with Crippen molar-refractivity contribution in [3.05, 3.63) is 35.9 Å². The summed E-state index contributed by atoms with van der Waals surface area (Å²) < 4.78 is 0. The maximum atomic E-state index is 12.5. The van der Waals surface area contributed by atoms with Crippen LogP contribution in [0.2, 0.25) is 0 Å². The minimum atomic E-state index is 0.124. The SMILES string of the molecule is CCCN1CC(NC2CCN(C(=O)c3ccccc3)CC2)CC1=O. The van der Waals surface area contributed by atoms with Crippen molar-refractivity contribution in [1.29, 1.82) is 0 Å². The van der Waals surface area contributed by atoms with Crippen LogP contribution in [0.4, 0.5) is 0 Å². The number of amides is 2. The van der Waals surface area contributed by atoms with Crippen molar-refractivity contribution >= 4 is 11.8 Å². The molecule has 0 aliphatic carbocycles. The molecule has 2 heterocycles. The first kappa shape index (κ1) is 17.0. The standard InChI is InChI=1S/C19H27N3O2/c1-2-10-22-14-17(13-18(22)23)20-16-8-11-21(12-9-16)19(24)15-6-4-3-5-7-15/h3-7,16-17,20H,2,8-14H2,1H3. The summed E-state index contributed by atoms with van der Waals surface area (Å²) in [7, 11) is 0. The van der Waals surface area contributed by atoms with Crippen molar-refractivity contribution in [2.45, 2.75) is 44.7 Å². The van der Waals surface area contributed by atoms with Crippen LogP contribution in [0.5, 0.6) is 0 Å². The highest BCUT2D eigenvalue weighted by Crippen LogP contribution is 2.17. The van der Waals surface area contributed by atoms with Crippen molar-refractivity contribution < 1.29 is 9.59 Å². The molecule has 1 aromatic carbocycles. The Balaban J connectivity index is 1.46. The van der Waals surface area contributed by atoms with Crippen LogP contribution < -0.4 is 5.32 Å². The van der Waals surface area contributed by atoms with Gasteiger partial charge in [-0.3, -0.25) is 9.59 Å². The van der Waals surface area contributed by atoms with E-state index < -0.39 is 0 Å². The van der Waals surface area contributed by atoms with Gasteiger partial charge >= 0.3 is 0 Å². The Labute approximate surface area is 144 Å². The molecule has 1 N–H and O–H groups in total. The minimum Gasteiger partial charge on any atom is -0.341 e. The monoisotopic (exact) mass is 329 g/mol. The van der Waals surface area contributed by atoms with Gasteiger partial charge in [0.15, 0.2) is 0 Å². The van der Waals surface area contributed by atoms with Gasteiger partial charge < -0.3 is 15.1 Å². The molecule has 130 valence electrons. The van der Waals surface area contributed by atoms with Crippen LogP contribution in [0.3, 0.4) is 0 Å². The second-order valence-corrected chi connectivity index (χ2v) is 6.84. The lowest BCUT2D eigenvalue weighted by Crippen LogP contribution is -2.48. The Bertz CT molecular complexity index is 567. The zero-order valence-corrected chi connectivity index (χ0v) is 14.4. The Morgan fingerprint density at radius 3 is 2.54 bits per heavy atom. The van der Waals surface area contributed by atoms with Gasteiger partial charge in [-0.05, 0) is 31.4 Å². The summed E-state index contributed by atoms with van der Waals surface area (Å²) in [6.45, 7) is 5.36. The highest BCUT2D eigenvalue weighted by molar-refractivity contribution is 5.94. The summed E-state index contributed by atoms with van der Waals surface area (Å²) in [4.78, 5) is 28.3. The molecule has 1 unspecified atom stereocenters. The molecule has 0 spiro atoms. The average Bonchev–Trinajstić information content (AvgIpc) is 2.95. The van der Waals surface area contributed by atoms with Gasteiger partial charge in [0.05, 0.1) is 0 Å². The van der Waals surface area contributed by atoms with Crippen LogP contribution in [0, 0.1) is 0 Å². The first-order chi connectivity index (χ1) is 11.7. The van der Waals surface area contributed by atoms with Crippen LogP contribution in [0.1, 0.15) is 43.0 Å². The van der Waals surface area contributed by atoms with Crippen LogP contribution in [-0.2, 0) is 4.79 Å². The zero-order valence-electron chi connectivity index (χ0n) is 14.4. The van der Waals surface area contributed by atoms with Crippen LogP contribution in [0.25, 0.3) is 0 Å². The quantitative estimate of drug-likeness (QED) is 0.897. The molecule has 2 amide bonds. The molecule has 2 aliphatic heterocycles. The highest BCUT2D eigenvalue weighted by Gasteiger charge is 2.31. The molecule has 0 radical (unpaired) electrons. The number of nitrogens with one attached hydrogen (secondary N) is 1. The van der Waals surface area contributed by atoms with E-state index in [4.69, 9.17) is 0 Å². The number of benzene rings is 1. The third kappa shape index (κ3) is 3.96. The molecular formula is C19H27N3O2. The number of hydrogen-bond acceptors (Lipinski definition) is 3. The molecule has 2 fully saturated rings. The summed E-state index contributed by atoms with van der Waals surface area (Å²) in [5, 5.41) is 3.64. The molecule has 0 saturated carbocycles. The molecule has 0 bridgehead atoms. The van der Waals surface area contributed by atoms with E-state index in [9.17, 15) is 9.59 Å². The van der Waals surface area contributed by atoms with Gasteiger partial charge in [-0.25, -0.2) is 0 Å². The second-order valence-electron chi connectivity index (χ2n) is 6.84. The third-order valence-corrected chi connectivity index (χ3v) is 4.98. The lowest BCUT2D eigenvalue weighted by atomic mass is 10.0. The van der Waals surface area contributed by atoms with E-state index in [1.54, 1.807) is 0 Å². The van der Waals surface area contributed by atoms with Gasteiger partial charge in [-0.1, -0.05) is 25.1 Å². The van der Waals surface area contributed by atoms with Crippen molar-refractivity contribution in [3.8, 4) is 0 Å². The average molecular weight is 329 g/mol. The number of rotatable bonds is 5. The molecular weight excluding hydrogens is 302 g/mol. The molecule has 0 aromatic heterocycles. The van der Waals surface area contributed by atoms with Crippen LogP contribution >= 0.6 is 0 Å². The van der Waals surface area contributed by atoms with E-state index in [0.717, 1.165) is 51.0 Å². The summed E-state index contributed by atoms with van der Waals surface area (Å²) in [6.07, 6.45) is 3.54. The molecule has 3 rings (SSSR count). The van der Waals surface area contributed by atoms with Crippen LogP contribution in [-0.4, -0.2) is 59.9 Å². The summed E-state index contributed by atoms with van der Waals surface area (Å²) in [6, 6.07) is 10.2. The fourth-order valence-corrected chi connectivity index (χ4v) is 3.72. The molecule has 1 atom stereocenters. The van der Waals surface area contributed by atoms with Gasteiger partial charge in [0.1, 0.15) is 0 Å². The maximum Gasteiger partial charge on any atom is 0.253 e. The Hall–Kier alpha value is -1.88. The second kappa shape index (κ2) is 7.79. The molecule has 2 aliphatic rings. The van der Waals surface area contributed by atoms with Gasteiger partial charge in [-0.2, -0.15) is 0 Å². The highest BCUT2D eigenvalue weighted by atomic mass is 16.2. The van der Waals surface area contributed by atoms with Crippen molar-refractivity contribution in [2.75, 3.05) is 26.2 Å². The summed E-state index contributed by atoms with van der Waals surface area (Å²) in [5.74, 6) is 0.394. The van der Waals surface area contributed by atoms with E-state index in [1.807, 2.05) is 40.1 Å². The number of likely N-dealkylation sites (tertiary alicyclic amines) is 2. The fourth-order valence-electron chi connectivity index (χ4n) is 3.72. The van der Waals surface area contributed by atoms with Crippen LogP contribution in [0.15, 0.2) is 30.3 Å². The Kier molecular flexibility index (Phi) is 5.51. The molecule has 5 nitrogen and oxygen atoms in total. The van der Waals surface area contributed by atoms with Gasteiger partial charge in [0.25, 0.3) is 5.91 Å². The Morgan fingerprint density at radius 1 is 1.17 bits per heavy atom. The van der Waals surface area contributed by atoms with E-state index in [-0.39, 0.29) is 17.9 Å². The van der Waals surface area contributed by atoms with Gasteiger partial charge in [0, 0.05) is 50.2 Å². The molecule has 1 aromatic rings. The minimum absolute atomic E-state index is 0.124. The first-order valence-corrected chi connectivity index (χ1v) is 9.05. The largest absolute Gasteiger partial charge is 0.341 e. The van der Waals surface area contributed by atoms with E-state index in [1.165, 1.54) is 0 Å². The molecule has 2 saturated heterocycles. The van der Waals surface area contributed by atoms with E-state index >= 15 is 0 Å². The summed E-state index contributed by atoms with van der Waals surface area (Å²) in [5.41, 5.74) is 0.764. The fraction of sp³-hybridized carbons (Fsp3) is 0.579. The first-order valence-electron chi connectivity index (χ1n) is 9.05.